The summed E-state index contributed by atoms with van der Waals surface area (Å²) >= 11 is 2.74. The summed E-state index contributed by atoms with van der Waals surface area (Å²) in [6, 6.07) is 7.87. The van der Waals surface area contributed by atoms with Gasteiger partial charge in [0.05, 0.1) is 17.0 Å². The van der Waals surface area contributed by atoms with Gasteiger partial charge in [-0.25, -0.2) is 4.98 Å². The van der Waals surface area contributed by atoms with Gasteiger partial charge in [0.2, 0.25) is 5.91 Å². The average molecular weight is 430 g/mol. The number of thiophene rings is 1. The summed E-state index contributed by atoms with van der Waals surface area (Å²) in [5.41, 5.74) is 3.58. The van der Waals surface area contributed by atoms with E-state index in [9.17, 15) is 9.59 Å². The number of aromatic nitrogens is 2. The molecular weight excluding hydrogens is 402 g/mol. The molecule has 0 bridgehead atoms. The van der Waals surface area contributed by atoms with E-state index in [-0.39, 0.29) is 17.2 Å². The van der Waals surface area contributed by atoms with Crippen LogP contribution in [0.15, 0.2) is 39.6 Å². The Balaban J connectivity index is 1.98. The van der Waals surface area contributed by atoms with Crippen LogP contribution in [0.3, 0.4) is 0 Å². The third-order valence-corrected chi connectivity index (χ3v) is 6.70. The molecule has 1 amide bonds. The molecule has 3 aromatic rings. The van der Waals surface area contributed by atoms with Crippen molar-refractivity contribution in [3.63, 3.8) is 0 Å². The van der Waals surface area contributed by atoms with Crippen LogP contribution in [0.2, 0.25) is 0 Å². The maximum atomic E-state index is 13.2. The smallest absolute Gasteiger partial charge is 0.276 e. The highest BCUT2D eigenvalue weighted by Gasteiger charge is 2.18. The lowest BCUT2D eigenvalue weighted by atomic mass is 10.1. The first-order valence-corrected chi connectivity index (χ1v) is 11.8. The number of thioether (sulfide) groups is 1. The molecule has 0 saturated heterocycles. The quantitative estimate of drug-likeness (QED) is 0.381. The van der Waals surface area contributed by atoms with Gasteiger partial charge in [-0.05, 0) is 50.3 Å². The van der Waals surface area contributed by atoms with Crippen LogP contribution in [0.4, 0.5) is 0 Å². The molecule has 3 rings (SSSR count). The van der Waals surface area contributed by atoms with Crippen LogP contribution in [0.5, 0.6) is 0 Å². The predicted octanol–water partition coefficient (Wildman–Crippen LogP) is 4.80. The fraction of sp³-hybridized carbons (Fsp3) is 0.409. The Morgan fingerprint density at radius 2 is 2.03 bits per heavy atom. The van der Waals surface area contributed by atoms with Gasteiger partial charge in [0, 0.05) is 13.1 Å². The highest BCUT2D eigenvalue weighted by atomic mass is 32.2. The fourth-order valence-electron chi connectivity index (χ4n) is 3.28. The first-order chi connectivity index (χ1) is 14.0. The van der Waals surface area contributed by atoms with Crippen molar-refractivity contribution < 1.29 is 4.79 Å². The third kappa shape index (κ3) is 4.73. The van der Waals surface area contributed by atoms with E-state index in [1.54, 1.807) is 4.57 Å². The number of unbranched alkanes of at least 4 members (excludes halogenated alkanes) is 1. The molecule has 0 atom stereocenters. The first-order valence-electron chi connectivity index (χ1n) is 9.94. The van der Waals surface area contributed by atoms with E-state index in [2.05, 4.69) is 13.0 Å². The SMILES string of the molecule is CCCCN(CC)C(=O)CSc1nc2ccsc2c(=O)n1-c1ccc(C)cc1C. The number of aryl methyl sites for hydroxylation is 2. The molecule has 0 spiro atoms. The second kappa shape index (κ2) is 9.59. The van der Waals surface area contributed by atoms with E-state index < -0.39 is 0 Å². The summed E-state index contributed by atoms with van der Waals surface area (Å²) in [4.78, 5) is 32.5. The van der Waals surface area contributed by atoms with Gasteiger partial charge in [0.25, 0.3) is 5.56 Å². The predicted molar refractivity (Wildman–Crippen MR) is 123 cm³/mol. The van der Waals surface area contributed by atoms with Crippen molar-refractivity contribution in [2.45, 2.75) is 45.7 Å². The molecule has 0 unspecified atom stereocenters. The number of benzene rings is 1. The van der Waals surface area contributed by atoms with Gasteiger partial charge in [-0.2, -0.15) is 0 Å². The van der Waals surface area contributed by atoms with Crippen molar-refractivity contribution in [2.24, 2.45) is 0 Å². The van der Waals surface area contributed by atoms with Gasteiger partial charge in [-0.15, -0.1) is 11.3 Å². The summed E-state index contributed by atoms with van der Waals surface area (Å²) in [7, 11) is 0. The zero-order chi connectivity index (χ0) is 21.0. The highest BCUT2D eigenvalue weighted by Crippen LogP contribution is 2.25. The number of carbonyl (C=O) groups is 1. The molecule has 29 heavy (non-hydrogen) atoms. The zero-order valence-corrected chi connectivity index (χ0v) is 19.0. The molecule has 0 aliphatic heterocycles. The molecule has 2 aromatic heterocycles. The Bertz CT molecular complexity index is 1070. The van der Waals surface area contributed by atoms with E-state index in [0.717, 1.165) is 36.2 Å². The molecular formula is C22H27N3O2S2. The summed E-state index contributed by atoms with van der Waals surface area (Å²) in [5, 5.41) is 2.45. The maximum absolute atomic E-state index is 13.2. The van der Waals surface area contributed by atoms with Crippen LogP contribution in [0.25, 0.3) is 15.9 Å². The number of hydrogen-bond acceptors (Lipinski definition) is 5. The van der Waals surface area contributed by atoms with E-state index in [1.165, 1.54) is 23.1 Å². The topological polar surface area (TPSA) is 55.2 Å². The van der Waals surface area contributed by atoms with E-state index in [0.29, 0.717) is 21.9 Å². The molecule has 0 radical (unpaired) electrons. The molecule has 0 fully saturated rings. The Morgan fingerprint density at radius 1 is 1.24 bits per heavy atom. The standard InChI is InChI=1S/C22H27N3O2S2/c1-5-7-11-24(6-2)19(26)14-29-22-23-17-10-12-28-20(17)21(27)25(22)18-9-8-15(3)13-16(18)4/h8-10,12-13H,5-7,11,14H2,1-4H3. The van der Waals surface area contributed by atoms with Crippen molar-refractivity contribution in [1.29, 1.82) is 0 Å². The second-order valence-corrected chi connectivity index (χ2v) is 8.93. The molecule has 5 nitrogen and oxygen atoms in total. The Hall–Kier alpha value is -2.12. The minimum atomic E-state index is -0.0785. The molecule has 0 saturated carbocycles. The minimum absolute atomic E-state index is 0.0785. The number of hydrogen-bond donors (Lipinski definition) is 0. The van der Waals surface area contributed by atoms with Gasteiger partial charge >= 0.3 is 0 Å². The normalized spacial score (nSPS) is 11.2. The molecule has 0 aliphatic rings. The van der Waals surface area contributed by atoms with Crippen molar-refractivity contribution in [3.05, 3.63) is 51.1 Å². The highest BCUT2D eigenvalue weighted by molar-refractivity contribution is 7.99. The molecule has 0 aliphatic carbocycles. The Morgan fingerprint density at radius 3 is 2.72 bits per heavy atom. The first kappa shape index (κ1) is 21.6. The van der Waals surface area contributed by atoms with Gasteiger partial charge < -0.3 is 4.90 Å². The zero-order valence-electron chi connectivity index (χ0n) is 17.4. The summed E-state index contributed by atoms with van der Waals surface area (Å²) in [6.07, 6.45) is 2.05. The maximum Gasteiger partial charge on any atom is 0.276 e. The lowest BCUT2D eigenvalue weighted by Gasteiger charge is -2.21. The number of carbonyl (C=O) groups excluding carboxylic acids is 1. The lowest BCUT2D eigenvalue weighted by molar-refractivity contribution is -0.128. The van der Waals surface area contributed by atoms with Crippen LogP contribution >= 0.6 is 23.1 Å². The number of fused-ring (bicyclic) bond motifs is 1. The molecule has 7 heteroatoms. The second-order valence-electron chi connectivity index (χ2n) is 7.08. The molecule has 2 heterocycles. The lowest BCUT2D eigenvalue weighted by Crippen LogP contribution is -2.33. The van der Waals surface area contributed by atoms with Gasteiger partial charge in [0.1, 0.15) is 4.70 Å². The average Bonchev–Trinajstić information content (AvgIpc) is 3.17. The largest absolute Gasteiger partial charge is 0.342 e. The van der Waals surface area contributed by atoms with E-state index in [4.69, 9.17) is 4.98 Å². The van der Waals surface area contributed by atoms with Crippen LogP contribution in [0, 0.1) is 13.8 Å². The van der Waals surface area contributed by atoms with E-state index >= 15 is 0 Å². The van der Waals surface area contributed by atoms with Gasteiger partial charge in [-0.3, -0.25) is 14.2 Å². The fourth-order valence-corrected chi connectivity index (χ4v) is 4.95. The third-order valence-electron chi connectivity index (χ3n) is 4.88. The summed E-state index contributed by atoms with van der Waals surface area (Å²) in [5.74, 6) is 0.350. The van der Waals surface area contributed by atoms with Gasteiger partial charge in [-0.1, -0.05) is 42.8 Å². The van der Waals surface area contributed by atoms with Crippen LogP contribution in [-0.4, -0.2) is 39.2 Å². The number of rotatable bonds is 8. The van der Waals surface area contributed by atoms with Crippen LogP contribution in [0.1, 0.15) is 37.8 Å². The molecule has 154 valence electrons. The Labute approximate surface area is 179 Å². The Kier molecular flexibility index (Phi) is 7.14. The number of nitrogens with zero attached hydrogens (tertiary/aromatic N) is 3. The number of amides is 1. The van der Waals surface area contributed by atoms with Crippen molar-refractivity contribution in [3.8, 4) is 5.69 Å². The summed E-state index contributed by atoms with van der Waals surface area (Å²) in [6.45, 7) is 9.61. The van der Waals surface area contributed by atoms with Crippen LogP contribution in [-0.2, 0) is 4.79 Å². The molecule has 0 N–H and O–H groups in total. The van der Waals surface area contributed by atoms with Crippen LogP contribution < -0.4 is 5.56 Å². The summed E-state index contributed by atoms with van der Waals surface area (Å²) < 4.78 is 2.30. The van der Waals surface area contributed by atoms with Crippen molar-refractivity contribution in [1.82, 2.24) is 14.5 Å². The monoisotopic (exact) mass is 429 g/mol. The minimum Gasteiger partial charge on any atom is -0.342 e. The van der Waals surface area contributed by atoms with Gasteiger partial charge in [0.15, 0.2) is 5.16 Å². The van der Waals surface area contributed by atoms with Crippen molar-refractivity contribution >= 4 is 39.2 Å². The van der Waals surface area contributed by atoms with Crippen molar-refractivity contribution in [2.75, 3.05) is 18.8 Å². The van der Waals surface area contributed by atoms with E-state index in [1.807, 2.05) is 49.3 Å². The molecule has 1 aromatic carbocycles.